The maximum Gasteiger partial charge on any atom is 0.237 e. The highest BCUT2D eigenvalue weighted by Gasteiger charge is 2.26. The minimum Gasteiger partial charge on any atom is -0.468 e. The standard InChI is InChI=1S/C22H25ClFN3O5S/c1-33(30,31)25-21(29)13-17-12-18(23)4-7-20(17)32-22(15-28)27-10-8-26(9-11-27)14-16-2-5-19(24)6-3-16/h2-7,12,15,22H,8-11,13-14H2,1H3,(H,25,29). The number of carbonyl (C=O) groups is 2. The van der Waals surface area contributed by atoms with Crippen LogP contribution < -0.4 is 9.46 Å². The number of carbonyl (C=O) groups excluding carboxylic acids is 2. The molecule has 1 saturated heterocycles. The van der Waals surface area contributed by atoms with Crippen LogP contribution in [0.25, 0.3) is 0 Å². The number of sulfonamides is 1. The van der Waals surface area contributed by atoms with E-state index in [1.807, 2.05) is 9.62 Å². The van der Waals surface area contributed by atoms with Crippen LogP contribution in [0.5, 0.6) is 5.75 Å². The number of hydrogen-bond acceptors (Lipinski definition) is 7. The Bertz CT molecular complexity index is 1090. The molecule has 1 aliphatic heterocycles. The lowest BCUT2D eigenvalue weighted by molar-refractivity contribution is -0.123. The van der Waals surface area contributed by atoms with Crippen molar-refractivity contribution in [3.05, 3.63) is 64.4 Å². The molecular weight excluding hydrogens is 473 g/mol. The van der Waals surface area contributed by atoms with Crippen molar-refractivity contribution < 1.29 is 27.1 Å². The third kappa shape index (κ3) is 7.78. The highest BCUT2D eigenvalue weighted by atomic mass is 35.5. The number of ether oxygens (including phenoxy) is 1. The summed E-state index contributed by atoms with van der Waals surface area (Å²) in [6.45, 7) is 3.20. The van der Waals surface area contributed by atoms with Gasteiger partial charge in [-0.1, -0.05) is 23.7 Å². The first-order valence-corrected chi connectivity index (χ1v) is 12.5. The van der Waals surface area contributed by atoms with Crippen LogP contribution >= 0.6 is 11.6 Å². The van der Waals surface area contributed by atoms with Gasteiger partial charge in [0, 0.05) is 43.3 Å². The largest absolute Gasteiger partial charge is 0.468 e. The maximum atomic E-state index is 13.1. The summed E-state index contributed by atoms with van der Waals surface area (Å²) in [5.74, 6) is -0.736. The molecule has 178 valence electrons. The number of rotatable bonds is 9. The van der Waals surface area contributed by atoms with Gasteiger partial charge in [-0.25, -0.2) is 12.8 Å². The first kappa shape index (κ1) is 25.1. The van der Waals surface area contributed by atoms with Gasteiger partial charge in [0.2, 0.25) is 22.2 Å². The lowest BCUT2D eigenvalue weighted by Crippen LogP contribution is -2.52. The van der Waals surface area contributed by atoms with Crippen molar-refractivity contribution in [2.24, 2.45) is 0 Å². The number of hydrogen-bond donors (Lipinski definition) is 1. The van der Waals surface area contributed by atoms with Gasteiger partial charge >= 0.3 is 0 Å². The monoisotopic (exact) mass is 497 g/mol. The molecule has 8 nitrogen and oxygen atoms in total. The van der Waals surface area contributed by atoms with Gasteiger partial charge in [-0.15, -0.1) is 0 Å². The van der Waals surface area contributed by atoms with Crippen molar-refractivity contribution in [2.45, 2.75) is 19.2 Å². The fourth-order valence-electron chi connectivity index (χ4n) is 3.56. The summed E-state index contributed by atoms with van der Waals surface area (Å²) < 4.78 is 43.5. The molecule has 2 aromatic rings. The third-order valence-electron chi connectivity index (χ3n) is 5.12. The molecule has 1 unspecified atom stereocenters. The lowest BCUT2D eigenvalue weighted by Gasteiger charge is -2.37. The van der Waals surface area contributed by atoms with E-state index in [0.717, 1.165) is 11.8 Å². The van der Waals surface area contributed by atoms with Crippen molar-refractivity contribution >= 4 is 33.8 Å². The van der Waals surface area contributed by atoms with Crippen LogP contribution in [0.15, 0.2) is 42.5 Å². The van der Waals surface area contributed by atoms with E-state index in [9.17, 15) is 22.4 Å². The fraction of sp³-hybridized carbons (Fsp3) is 0.364. The molecule has 0 spiro atoms. The highest BCUT2D eigenvalue weighted by Crippen LogP contribution is 2.25. The number of nitrogens with one attached hydrogen (secondary N) is 1. The number of aldehydes is 1. The predicted octanol–water partition coefficient (Wildman–Crippen LogP) is 1.82. The van der Waals surface area contributed by atoms with E-state index in [1.165, 1.54) is 18.2 Å². The molecule has 0 radical (unpaired) electrons. The molecule has 3 rings (SSSR count). The Labute approximate surface area is 197 Å². The summed E-state index contributed by atoms with van der Waals surface area (Å²) in [6, 6.07) is 11.0. The second kappa shape index (κ2) is 11.1. The average Bonchev–Trinajstić information content (AvgIpc) is 2.74. The molecule has 0 bridgehead atoms. The van der Waals surface area contributed by atoms with Gasteiger partial charge in [-0.05, 0) is 35.9 Å². The zero-order valence-corrected chi connectivity index (χ0v) is 19.6. The second-order valence-electron chi connectivity index (χ2n) is 7.81. The van der Waals surface area contributed by atoms with Crippen molar-refractivity contribution in [1.82, 2.24) is 14.5 Å². The molecule has 1 amide bonds. The molecule has 1 aliphatic rings. The van der Waals surface area contributed by atoms with Gasteiger partial charge < -0.3 is 4.74 Å². The van der Waals surface area contributed by atoms with Gasteiger partial charge in [0.1, 0.15) is 11.6 Å². The average molecular weight is 498 g/mol. The molecule has 1 N–H and O–H groups in total. The van der Waals surface area contributed by atoms with Crippen LogP contribution in [0.1, 0.15) is 11.1 Å². The summed E-state index contributed by atoms with van der Waals surface area (Å²) in [5.41, 5.74) is 1.37. The van der Waals surface area contributed by atoms with Crippen LogP contribution in [0.4, 0.5) is 4.39 Å². The van der Waals surface area contributed by atoms with Gasteiger partial charge in [0.05, 0.1) is 12.7 Å². The molecule has 1 atom stereocenters. The Morgan fingerprint density at radius 2 is 1.85 bits per heavy atom. The lowest BCUT2D eigenvalue weighted by atomic mass is 10.1. The fourth-order valence-corrected chi connectivity index (χ4v) is 4.24. The Balaban J connectivity index is 1.62. The number of piperazine rings is 1. The number of amides is 1. The van der Waals surface area contributed by atoms with Crippen LogP contribution in [-0.2, 0) is 32.6 Å². The van der Waals surface area contributed by atoms with Crippen LogP contribution in [0, 0.1) is 5.82 Å². The predicted molar refractivity (Wildman–Crippen MR) is 122 cm³/mol. The van der Waals surface area contributed by atoms with E-state index in [2.05, 4.69) is 4.90 Å². The third-order valence-corrected chi connectivity index (χ3v) is 5.96. The molecule has 11 heteroatoms. The first-order valence-electron chi connectivity index (χ1n) is 10.2. The topological polar surface area (TPSA) is 96.0 Å². The first-order chi connectivity index (χ1) is 15.6. The van der Waals surface area contributed by atoms with E-state index in [-0.39, 0.29) is 18.0 Å². The van der Waals surface area contributed by atoms with Crippen LogP contribution in [0.2, 0.25) is 5.02 Å². The zero-order valence-electron chi connectivity index (χ0n) is 18.0. The van der Waals surface area contributed by atoms with E-state index >= 15 is 0 Å². The normalized spacial score (nSPS) is 16.2. The Hall–Kier alpha value is -2.53. The molecular formula is C22H25ClFN3O5S. The molecule has 0 saturated carbocycles. The van der Waals surface area contributed by atoms with Crippen molar-refractivity contribution in [3.8, 4) is 5.75 Å². The molecule has 2 aromatic carbocycles. The molecule has 33 heavy (non-hydrogen) atoms. The van der Waals surface area contributed by atoms with E-state index in [4.69, 9.17) is 16.3 Å². The maximum absolute atomic E-state index is 13.1. The second-order valence-corrected chi connectivity index (χ2v) is 9.99. The van der Waals surface area contributed by atoms with Gasteiger partial charge in [0.15, 0.2) is 6.29 Å². The van der Waals surface area contributed by atoms with E-state index in [0.29, 0.717) is 49.6 Å². The van der Waals surface area contributed by atoms with E-state index < -0.39 is 22.2 Å². The summed E-state index contributed by atoms with van der Waals surface area (Å²) in [5, 5.41) is 0.349. The highest BCUT2D eigenvalue weighted by molar-refractivity contribution is 7.89. The molecule has 1 fully saturated rings. The summed E-state index contributed by atoms with van der Waals surface area (Å²) in [6.07, 6.45) is 0.416. The Morgan fingerprint density at radius 3 is 2.45 bits per heavy atom. The molecule has 1 heterocycles. The summed E-state index contributed by atoms with van der Waals surface area (Å²) in [7, 11) is -3.70. The summed E-state index contributed by atoms with van der Waals surface area (Å²) >= 11 is 6.03. The number of halogens is 2. The Kier molecular flexibility index (Phi) is 8.41. The van der Waals surface area contributed by atoms with Crippen LogP contribution in [0.3, 0.4) is 0 Å². The van der Waals surface area contributed by atoms with Gasteiger partial charge in [-0.3, -0.25) is 24.1 Å². The van der Waals surface area contributed by atoms with Crippen molar-refractivity contribution in [3.63, 3.8) is 0 Å². The van der Waals surface area contributed by atoms with E-state index in [1.54, 1.807) is 24.3 Å². The number of benzene rings is 2. The van der Waals surface area contributed by atoms with Crippen molar-refractivity contribution in [2.75, 3.05) is 32.4 Å². The number of nitrogens with zero attached hydrogens (tertiary/aromatic N) is 2. The Morgan fingerprint density at radius 1 is 1.18 bits per heavy atom. The van der Waals surface area contributed by atoms with Crippen LogP contribution in [-0.4, -0.2) is 69.1 Å². The van der Waals surface area contributed by atoms with Gasteiger partial charge in [-0.2, -0.15) is 0 Å². The summed E-state index contributed by atoms with van der Waals surface area (Å²) in [4.78, 5) is 27.9. The molecule has 0 aliphatic carbocycles. The molecule has 0 aromatic heterocycles. The quantitative estimate of drug-likeness (QED) is 0.528. The zero-order chi connectivity index (χ0) is 24.0. The minimum absolute atomic E-state index is 0.272. The van der Waals surface area contributed by atoms with Crippen molar-refractivity contribution in [1.29, 1.82) is 0 Å². The SMILES string of the molecule is CS(=O)(=O)NC(=O)Cc1cc(Cl)ccc1OC(C=O)N1CCN(Cc2ccc(F)cc2)CC1. The van der Waals surface area contributed by atoms with Gasteiger partial charge in [0.25, 0.3) is 0 Å². The minimum atomic E-state index is -3.70. The smallest absolute Gasteiger partial charge is 0.237 e.